The molecule has 5 nitrogen and oxygen atoms in total. The van der Waals surface area contributed by atoms with Gasteiger partial charge in [0.15, 0.2) is 11.5 Å². The van der Waals surface area contributed by atoms with Crippen LogP contribution in [0.4, 0.5) is 0 Å². The Morgan fingerprint density at radius 1 is 1.00 bits per heavy atom. The van der Waals surface area contributed by atoms with Gasteiger partial charge >= 0.3 is 0 Å². The molecule has 2 aromatic rings. The van der Waals surface area contributed by atoms with Crippen LogP contribution in [-0.4, -0.2) is 26.8 Å². The topological polar surface area (TPSA) is 46.2 Å². The molecule has 0 radical (unpaired) electrons. The van der Waals surface area contributed by atoms with E-state index < -0.39 is 5.79 Å². The molecule has 5 heteroatoms. The Bertz CT molecular complexity index is 785. The van der Waals surface area contributed by atoms with E-state index in [0.29, 0.717) is 5.75 Å². The molecule has 3 atom stereocenters. The van der Waals surface area contributed by atoms with Crippen molar-refractivity contribution in [2.45, 2.75) is 25.6 Å². The Morgan fingerprint density at radius 2 is 1.68 bits per heavy atom. The lowest BCUT2D eigenvalue weighted by Crippen LogP contribution is -2.47. The van der Waals surface area contributed by atoms with Crippen molar-refractivity contribution in [3.8, 4) is 23.0 Å². The molecule has 2 heterocycles. The molecule has 0 spiro atoms. The normalized spacial score (nSPS) is 26.7. The number of rotatable bonds is 3. The molecule has 132 valence electrons. The summed E-state index contributed by atoms with van der Waals surface area (Å²) >= 11 is 0. The van der Waals surface area contributed by atoms with Gasteiger partial charge in [-0.05, 0) is 23.8 Å². The Hall–Kier alpha value is -2.40. The fourth-order valence-corrected chi connectivity index (χ4v) is 3.66. The molecule has 0 aromatic heterocycles. The first kappa shape index (κ1) is 16.1. The number of methoxy groups -OCH3 is 2. The van der Waals surface area contributed by atoms with E-state index in [0.717, 1.165) is 22.8 Å². The highest BCUT2D eigenvalue weighted by Crippen LogP contribution is 2.52. The Kier molecular flexibility index (Phi) is 3.76. The average molecular weight is 342 g/mol. The minimum Gasteiger partial charge on any atom is -0.497 e. The quantitative estimate of drug-likeness (QED) is 0.845. The van der Waals surface area contributed by atoms with Crippen LogP contribution in [0.15, 0.2) is 36.4 Å². The van der Waals surface area contributed by atoms with E-state index in [9.17, 15) is 0 Å². The molecule has 0 bridgehead atoms. The number of ether oxygens (including phenoxy) is 5. The zero-order valence-electron chi connectivity index (χ0n) is 14.9. The standard InChI is InChI=1S/C20H22O5/c1-12-19(13-5-7-14(21-3)8-6-13)15-9-17-18(24-11-23-17)10-16(15)25-20(12,2)22-4/h5-10,12,19H,11H2,1-4H3/t12-,19+,20+/m0/s1. The third-order valence-electron chi connectivity index (χ3n) is 5.36. The molecule has 2 aliphatic heterocycles. The van der Waals surface area contributed by atoms with E-state index in [-0.39, 0.29) is 18.6 Å². The molecule has 0 amide bonds. The van der Waals surface area contributed by atoms with Crippen molar-refractivity contribution in [1.29, 1.82) is 0 Å². The second-order valence-electron chi connectivity index (χ2n) is 6.60. The molecule has 0 N–H and O–H groups in total. The van der Waals surface area contributed by atoms with Crippen LogP contribution in [0.3, 0.4) is 0 Å². The molecule has 25 heavy (non-hydrogen) atoms. The molecule has 0 saturated carbocycles. The fourth-order valence-electron chi connectivity index (χ4n) is 3.66. The zero-order valence-corrected chi connectivity index (χ0v) is 14.9. The van der Waals surface area contributed by atoms with E-state index >= 15 is 0 Å². The summed E-state index contributed by atoms with van der Waals surface area (Å²) in [6.07, 6.45) is 0. The summed E-state index contributed by atoms with van der Waals surface area (Å²) in [5.41, 5.74) is 2.26. The summed E-state index contributed by atoms with van der Waals surface area (Å²) in [6.45, 7) is 4.36. The summed E-state index contributed by atoms with van der Waals surface area (Å²) in [4.78, 5) is 0. The number of hydrogen-bond acceptors (Lipinski definition) is 5. The van der Waals surface area contributed by atoms with Gasteiger partial charge in [-0.2, -0.15) is 0 Å². The smallest absolute Gasteiger partial charge is 0.231 e. The van der Waals surface area contributed by atoms with Crippen LogP contribution in [0.25, 0.3) is 0 Å². The third-order valence-corrected chi connectivity index (χ3v) is 5.36. The molecule has 0 unspecified atom stereocenters. The van der Waals surface area contributed by atoms with Crippen molar-refractivity contribution in [2.24, 2.45) is 5.92 Å². The largest absolute Gasteiger partial charge is 0.497 e. The van der Waals surface area contributed by atoms with Gasteiger partial charge in [0.2, 0.25) is 12.6 Å². The van der Waals surface area contributed by atoms with Crippen molar-refractivity contribution >= 4 is 0 Å². The average Bonchev–Trinajstić information content (AvgIpc) is 3.09. The minimum absolute atomic E-state index is 0.0961. The van der Waals surface area contributed by atoms with Gasteiger partial charge in [0.05, 0.1) is 7.11 Å². The lowest BCUT2D eigenvalue weighted by Gasteiger charge is -2.44. The predicted molar refractivity (Wildman–Crippen MR) is 92.6 cm³/mol. The van der Waals surface area contributed by atoms with Gasteiger partial charge < -0.3 is 23.7 Å². The predicted octanol–water partition coefficient (Wildman–Crippen LogP) is 3.95. The van der Waals surface area contributed by atoms with Crippen LogP contribution >= 0.6 is 0 Å². The maximum absolute atomic E-state index is 6.22. The monoisotopic (exact) mass is 342 g/mol. The van der Waals surface area contributed by atoms with Gasteiger partial charge in [-0.15, -0.1) is 0 Å². The van der Waals surface area contributed by atoms with Crippen molar-refractivity contribution < 1.29 is 23.7 Å². The molecule has 0 saturated heterocycles. The fraction of sp³-hybridized carbons (Fsp3) is 0.400. The maximum atomic E-state index is 6.22. The number of fused-ring (bicyclic) bond motifs is 2. The molecule has 2 aliphatic rings. The Morgan fingerprint density at radius 3 is 2.32 bits per heavy atom. The number of hydrogen-bond donors (Lipinski definition) is 0. The molecular weight excluding hydrogens is 320 g/mol. The van der Waals surface area contributed by atoms with Gasteiger partial charge in [-0.25, -0.2) is 0 Å². The lowest BCUT2D eigenvalue weighted by molar-refractivity contribution is -0.194. The van der Waals surface area contributed by atoms with E-state index in [1.54, 1.807) is 14.2 Å². The van der Waals surface area contributed by atoms with E-state index in [2.05, 4.69) is 19.1 Å². The Labute approximate surface area is 147 Å². The zero-order chi connectivity index (χ0) is 17.6. The van der Waals surface area contributed by atoms with Crippen molar-refractivity contribution in [3.05, 3.63) is 47.5 Å². The maximum Gasteiger partial charge on any atom is 0.231 e. The highest BCUT2D eigenvalue weighted by Gasteiger charge is 2.46. The lowest BCUT2D eigenvalue weighted by atomic mass is 9.75. The van der Waals surface area contributed by atoms with Crippen LogP contribution in [0.5, 0.6) is 23.0 Å². The first-order chi connectivity index (χ1) is 12.1. The summed E-state index contributed by atoms with van der Waals surface area (Å²) in [6, 6.07) is 12.1. The second kappa shape index (κ2) is 5.85. The third kappa shape index (κ3) is 2.50. The SMILES string of the molecule is COc1ccc([C@@H]2c3cc4c(cc3O[C@@](C)(OC)[C@H]2C)OCO4)cc1. The molecule has 0 fully saturated rings. The second-order valence-corrected chi connectivity index (χ2v) is 6.60. The summed E-state index contributed by atoms with van der Waals surface area (Å²) in [5, 5.41) is 0. The van der Waals surface area contributed by atoms with Crippen LogP contribution < -0.4 is 18.9 Å². The van der Waals surface area contributed by atoms with Gasteiger partial charge in [0.1, 0.15) is 11.5 Å². The number of benzene rings is 2. The van der Waals surface area contributed by atoms with Crippen LogP contribution in [-0.2, 0) is 4.74 Å². The van der Waals surface area contributed by atoms with Crippen molar-refractivity contribution in [2.75, 3.05) is 21.0 Å². The van der Waals surface area contributed by atoms with Gasteiger partial charge in [0.25, 0.3) is 0 Å². The van der Waals surface area contributed by atoms with Gasteiger partial charge in [-0.3, -0.25) is 0 Å². The summed E-state index contributed by atoms with van der Waals surface area (Å²) in [5.74, 6) is 2.55. The van der Waals surface area contributed by atoms with Crippen LogP contribution in [0.2, 0.25) is 0 Å². The molecule has 4 rings (SSSR count). The van der Waals surface area contributed by atoms with Gasteiger partial charge in [-0.1, -0.05) is 19.1 Å². The van der Waals surface area contributed by atoms with Crippen molar-refractivity contribution in [1.82, 2.24) is 0 Å². The van der Waals surface area contributed by atoms with E-state index in [1.165, 1.54) is 5.56 Å². The van der Waals surface area contributed by atoms with Crippen LogP contribution in [0, 0.1) is 5.92 Å². The first-order valence-corrected chi connectivity index (χ1v) is 8.37. The molecule has 2 aromatic carbocycles. The minimum atomic E-state index is -0.731. The molecule has 0 aliphatic carbocycles. The van der Waals surface area contributed by atoms with E-state index in [4.69, 9.17) is 23.7 Å². The molecular formula is C20H22O5. The van der Waals surface area contributed by atoms with Crippen molar-refractivity contribution in [3.63, 3.8) is 0 Å². The Balaban J connectivity index is 1.86. The highest BCUT2D eigenvalue weighted by atomic mass is 16.7. The summed E-state index contributed by atoms with van der Waals surface area (Å²) in [7, 11) is 3.35. The van der Waals surface area contributed by atoms with Crippen LogP contribution in [0.1, 0.15) is 30.9 Å². The summed E-state index contributed by atoms with van der Waals surface area (Å²) < 4.78 is 28.3. The highest BCUT2D eigenvalue weighted by molar-refractivity contribution is 5.56. The van der Waals surface area contributed by atoms with Gasteiger partial charge in [0, 0.05) is 37.5 Å². The van der Waals surface area contributed by atoms with E-state index in [1.807, 2.05) is 31.2 Å². The first-order valence-electron chi connectivity index (χ1n) is 8.37.